The van der Waals surface area contributed by atoms with E-state index in [2.05, 4.69) is 10.2 Å². The van der Waals surface area contributed by atoms with Crippen LogP contribution in [0.15, 0.2) is 22.8 Å². The summed E-state index contributed by atoms with van der Waals surface area (Å²) in [7, 11) is 0. The van der Waals surface area contributed by atoms with E-state index in [1.165, 1.54) is 12.8 Å². The van der Waals surface area contributed by atoms with Crippen molar-refractivity contribution in [3.63, 3.8) is 0 Å². The molecule has 2 saturated heterocycles. The summed E-state index contributed by atoms with van der Waals surface area (Å²) < 4.78 is 11.0. The second-order valence-corrected chi connectivity index (χ2v) is 5.52. The lowest BCUT2D eigenvalue weighted by atomic mass is 10.1. The van der Waals surface area contributed by atoms with Crippen molar-refractivity contribution < 1.29 is 13.9 Å². The molecule has 1 aromatic heterocycles. The third kappa shape index (κ3) is 3.04. The highest BCUT2D eigenvalue weighted by molar-refractivity contribution is 5.81. The Balaban J connectivity index is 1.59. The van der Waals surface area contributed by atoms with Gasteiger partial charge in [-0.2, -0.15) is 0 Å². The van der Waals surface area contributed by atoms with Gasteiger partial charge in [-0.3, -0.25) is 9.69 Å². The Morgan fingerprint density at radius 2 is 2.25 bits per heavy atom. The van der Waals surface area contributed by atoms with E-state index >= 15 is 0 Å². The van der Waals surface area contributed by atoms with Gasteiger partial charge < -0.3 is 14.5 Å². The monoisotopic (exact) mass is 278 g/mol. The van der Waals surface area contributed by atoms with Gasteiger partial charge in [0.25, 0.3) is 0 Å². The molecule has 3 heterocycles. The van der Waals surface area contributed by atoms with Crippen LogP contribution in [0.1, 0.15) is 37.5 Å². The molecule has 0 aromatic carbocycles. The molecule has 2 fully saturated rings. The Hall–Kier alpha value is -1.33. The van der Waals surface area contributed by atoms with Crippen molar-refractivity contribution in [2.24, 2.45) is 0 Å². The average Bonchev–Trinajstić information content (AvgIpc) is 3.22. The molecule has 5 heteroatoms. The fourth-order valence-electron chi connectivity index (χ4n) is 3.04. The van der Waals surface area contributed by atoms with Gasteiger partial charge in [-0.05, 0) is 50.9 Å². The minimum absolute atomic E-state index is 0.0123. The number of hydrogen-bond donors (Lipinski definition) is 1. The van der Waals surface area contributed by atoms with Crippen LogP contribution in [-0.2, 0) is 9.53 Å². The van der Waals surface area contributed by atoms with Crippen molar-refractivity contribution in [1.29, 1.82) is 0 Å². The van der Waals surface area contributed by atoms with Gasteiger partial charge in [0, 0.05) is 13.2 Å². The summed E-state index contributed by atoms with van der Waals surface area (Å²) in [6.07, 6.45) is 5.69. The lowest BCUT2D eigenvalue weighted by molar-refractivity contribution is -0.130. The summed E-state index contributed by atoms with van der Waals surface area (Å²) in [6, 6.07) is 4.03. The minimum atomic E-state index is -0.258. The van der Waals surface area contributed by atoms with Gasteiger partial charge >= 0.3 is 0 Å². The highest BCUT2D eigenvalue weighted by Gasteiger charge is 2.28. The first-order chi connectivity index (χ1) is 9.84. The van der Waals surface area contributed by atoms with E-state index in [9.17, 15) is 4.79 Å². The van der Waals surface area contributed by atoms with E-state index in [1.807, 2.05) is 12.1 Å². The second kappa shape index (κ2) is 6.41. The summed E-state index contributed by atoms with van der Waals surface area (Å²) in [6.45, 7) is 3.43. The van der Waals surface area contributed by atoms with Gasteiger partial charge in [0.05, 0.1) is 12.3 Å². The zero-order chi connectivity index (χ0) is 13.8. The summed E-state index contributed by atoms with van der Waals surface area (Å²) in [5.74, 6) is 0.942. The maximum Gasteiger partial charge on any atom is 0.249 e. The molecule has 2 aliphatic heterocycles. The molecule has 0 spiro atoms. The van der Waals surface area contributed by atoms with Gasteiger partial charge in [-0.1, -0.05) is 0 Å². The summed E-state index contributed by atoms with van der Waals surface area (Å²) in [5, 5.41) is 3.02. The molecule has 2 atom stereocenters. The first-order valence-electron chi connectivity index (χ1n) is 7.51. The lowest BCUT2D eigenvalue weighted by Crippen LogP contribution is -2.40. The van der Waals surface area contributed by atoms with Crippen LogP contribution >= 0.6 is 0 Å². The number of amides is 1. The first kappa shape index (κ1) is 13.6. The lowest BCUT2D eigenvalue weighted by Gasteiger charge is -2.26. The average molecular weight is 278 g/mol. The smallest absolute Gasteiger partial charge is 0.249 e. The number of nitrogens with one attached hydrogen (secondary N) is 1. The third-order valence-corrected chi connectivity index (χ3v) is 4.14. The van der Waals surface area contributed by atoms with Gasteiger partial charge in [0.15, 0.2) is 0 Å². The highest BCUT2D eigenvalue weighted by atomic mass is 16.5. The maximum atomic E-state index is 12.0. The number of furan rings is 1. The first-order valence-corrected chi connectivity index (χ1v) is 7.51. The van der Waals surface area contributed by atoms with Crippen LogP contribution in [0.3, 0.4) is 0 Å². The number of ether oxygens (including phenoxy) is 1. The second-order valence-electron chi connectivity index (χ2n) is 5.52. The van der Waals surface area contributed by atoms with Crippen molar-refractivity contribution >= 4 is 5.91 Å². The van der Waals surface area contributed by atoms with Crippen LogP contribution in [0, 0.1) is 0 Å². The Labute approximate surface area is 119 Å². The van der Waals surface area contributed by atoms with Crippen LogP contribution in [0.25, 0.3) is 0 Å². The molecule has 1 aromatic rings. The summed E-state index contributed by atoms with van der Waals surface area (Å²) in [5.41, 5.74) is 0. The number of hydrogen-bond acceptors (Lipinski definition) is 4. The van der Waals surface area contributed by atoms with Crippen LogP contribution in [-0.4, -0.2) is 43.2 Å². The molecular formula is C15H22N2O3. The van der Waals surface area contributed by atoms with Crippen LogP contribution < -0.4 is 5.32 Å². The zero-order valence-electron chi connectivity index (χ0n) is 11.7. The predicted octanol–water partition coefficient (Wildman–Crippen LogP) is 1.71. The van der Waals surface area contributed by atoms with Gasteiger partial charge in [-0.15, -0.1) is 0 Å². The molecule has 0 bridgehead atoms. The number of rotatable bonds is 5. The topological polar surface area (TPSA) is 54.7 Å². The van der Waals surface area contributed by atoms with E-state index in [0.717, 1.165) is 31.7 Å². The fraction of sp³-hybridized carbons (Fsp3) is 0.667. The molecule has 0 radical (unpaired) electrons. The molecule has 20 heavy (non-hydrogen) atoms. The number of likely N-dealkylation sites (tertiary alicyclic amines) is 1. The fourth-order valence-corrected chi connectivity index (χ4v) is 3.04. The molecule has 1 N–H and O–H groups in total. The summed E-state index contributed by atoms with van der Waals surface area (Å²) in [4.78, 5) is 14.4. The van der Waals surface area contributed by atoms with Crippen LogP contribution in [0.2, 0.25) is 0 Å². The molecule has 2 unspecified atom stereocenters. The van der Waals surface area contributed by atoms with Crippen molar-refractivity contribution in [1.82, 2.24) is 10.2 Å². The quantitative estimate of drug-likeness (QED) is 0.891. The molecule has 110 valence electrons. The summed E-state index contributed by atoms with van der Waals surface area (Å²) >= 11 is 0. The standard InChI is InChI=1S/C15H22N2O3/c18-15(14-6-4-10-20-14)16-11-12(13-5-3-9-19-13)17-7-1-2-8-17/h3,5,9,12,14H,1-2,4,6-8,10-11H2,(H,16,18). The van der Waals surface area contributed by atoms with Crippen molar-refractivity contribution in [3.05, 3.63) is 24.2 Å². The zero-order valence-corrected chi connectivity index (χ0v) is 11.7. The molecule has 2 aliphatic rings. The number of carbonyl (C=O) groups is 1. The predicted molar refractivity (Wildman–Crippen MR) is 74.2 cm³/mol. The van der Waals surface area contributed by atoms with Crippen LogP contribution in [0.5, 0.6) is 0 Å². The SMILES string of the molecule is O=C(NCC(c1ccco1)N1CCCC1)C1CCCO1. The van der Waals surface area contributed by atoms with Crippen molar-refractivity contribution in [2.75, 3.05) is 26.2 Å². The molecule has 5 nitrogen and oxygen atoms in total. The van der Waals surface area contributed by atoms with E-state index in [1.54, 1.807) is 6.26 Å². The Kier molecular flexibility index (Phi) is 4.38. The largest absolute Gasteiger partial charge is 0.468 e. The molecule has 0 saturated carbocycles. The van der Waals surface area contributed by atoms with E-state index in [-0.39, 0.29) is 18.1 Å². The maximum absolute atomic E-state index is 12.0. The minimum Gasteiger partial charge on any atom is -0.468 e. The normalized spacial score (nSPS) is 24.9. The van der Waals surface area contributed by atoms with Gasteiger partial charge in [0.2, 0.25) is 5.91 Å². The molecular weight excluding hydrogens is 256 g/mol. The Morgan fingerprint density at radius 1 is 1.40 bits per heavy atom. The Morgan fingerprint density at radius 3 is 2.90 bits per heavy atom. The van der Waals surface area contributed by atoms with Gasteiger partial charge in [-0.25, -0.2) is 0 Å². The molecule has 0 aliphatic carbocycles. The number of nitrogens with zero attached hydrogens (tertiary/aromatic N) is 1. The van der Waals surface area contributed by atoms with E-state index in [4.69, 9.17) is 9.15 Å². The Bertz CT molecular complexity index is 420. The molecule has 3 rings (SSSR count). The van der Waals surface area contributed by atoms with Crippen LogP contribution in [0.4, 0.5) is 0 Å². The van der Waals surface area contributed by atoms with E-state index in [0.29, 0.717) is 13.2 Å². The molecule has 1 amide bonds. The van der Waals surface area contributed by atoms with Gasteiger partial charge in [0.1, 0.15) is 11.9 Å². The van der Waals surface area contributed by atoms with Crippen molar-refractivity contribution in [3.8, 4) is 0 Å². The van der Waals surface area contributed by atoms with E-state index < -0.39 is 0 Å². The highest BCUT2D eigenvalue weighted by Crippen LogP contribution is 2.25. The number of carbonyl (C=O) groups excluding carboxylic acids is 1. The third-order valence-electron chi connectivity index (χ3n) is 4.14. The van der Waals surface area contributed by atoms with Crippen molar-refractivity contribution in [2.45, 2.75) is 37.8 Å².